The van der Waals surface area contributed by atoms with Gasteiger partial charge < -0.3 is 5.73 Å². The molecule has 0 amide bonds. The quantitative estimate of drug-likeness (QED) is 0.623. The molecule has 18 heavy (non-hydrogen) atoms. The van der Waals surface area contributed by atoms with Crippen LogP contribution >= 0.6 is 23.4 Å². The van der Waals surface area contributed by atoms with Gasteiger partial charge in [-0.1, -0.05) is 11.6 Å². The van der Waals surface area contributed by atoms with Gasteiger partial charge >= 0.3 is 0 Å². The fourth-order valence-electron chi connectivity index (χ4n) is 1.28. The molecule has 0 aliphatic rings. The first kappa shape index (κ1) is 15.6. The van der Waals surface area contributed by atoms with Crippen molar-refractivity contribution in [3.63, 3.8) is 0 Å². The molecule has 0 aliphatic heterocycles. The summed E-state index contributed by atoms with van der Waals surface area (Å²) in [4.78, 5) is -0.517. The van der Waals surface area contributed by atoms with Gasteiger partial charge in [-0.05, 0) is 30.6 Å². The van der Waals surface area contributed by atoms with E-state index >= 15 is 0 Å². The molecule has 0 saturated heterocycles. The summed E-state index contributed by atoms with van der Waals surface area (Å²) in [5.74, 6) is -0.153. The average molecular weight is 313 g/mol. The molecular weight excluding hydrogens is 299 g/mol. The van der Waals surface area contributed by atoms with Crippen LogP contribution in [0, 0.1) is 5.82 Å². The zero-order chi connectivity index (χ0) is 13.8. The highest BCUT2D eigenvalue weighted by Gasteiger charge is 2.21. The molecule has 0 bridgehead atoms. The Balaban J connectivity index is 2.91. The van der Waals surface area contributed by atoms with Crippen LogP contribution in [0.4, 0.5) is 10.1 Å². The maximum atomic E-state index is 13.6. The molecule has 3 N–H and O–H groups in total. The Labute approximate surface area is 115 Å². The number of nitrogens with one attached hydrogen (secondary N) is 1. The predicted molar refractivity (Wildman–Crippen MR) is 74.0 cm³/mol. The van der Waals surface area contributed by atoms with Crippen molar-refractivity contribution in [1.82, 2.24) is 4.72 Å². The van der Waals surface area contributed by atoms with Crippen molar-refractivity contribution >= 4 is 39.1 Å². The molecule has 1 aromatic carbocycles. The molecule has 4 nitrogen and oxygen atoms in total. The fraction of sp³-hybridized carbons (Fsp3) is 0.400. The highest BCUT2D eigenvalue weighted by molar-refractivity contribution is 7.98. The van der Waals surface area contributed by atoms with E-state index in [0.717, 1.165) is 11.8 Å². The number of benzene rings is 1. The first-order chi connectivity index (χ1) is 8.38. The Morgan fingerprint density at radius 3 is 2.78 bits per heavy atom. The van der Waals surface area contributed by atoms with Gasteiger partial charge in [0.1, 0.15) is 4.90 Å². The van der Waals surface area contributed by atoms with E-state index in [1.165, 1.54) is 6.07 Å². The van der Waals surface area contributed by atoms with Crippen LogP contribution in [-0.2, 0) is 10.0 Å². The molecule has 0 radical (unpaired) electrons. The van der Waals surface area contributed by atoms with E-state index in [4.69, 9.17) is 17.3 Å². The lowest BCUT2D eigenvalue weighted by Crippen LogP contribution is -2.26. The van der Waals surface area contributed by atoms with Crippen LogP contribution in [0.5, 0.6) is 0 Å². The SMILES string of the molecule is CSCCCNS(=O)(=O)c1cc(Cl)cc(N)c1F. The van der Waals surface area contributed by atoms with Gasteiger partial charge in [0.05, 0.1) is 5.69 Å². The molecule has 1 rings (SSSR count). The van der Waals surface area contributed by atoms with Gasteiger partial charge in [0.25, 0.3) is 0 Å². The largest absolute Gasteiger partial charge is 0.396 e. The van der Waals surface area contributed by atoms with E-state index < -0.39 is 20.7 Å². The van der Waals surface area contributed by atoms with Crippen molar-refractivity contribution in [3.05, 3.63) is 23.0 Å². The van der Waals surface area contributed by atoms with Gasteiger partial charge in [0.2, 0.25) is 10.0 Å². The van der Waals surface area contributed by atoms with E-state index in [0.29, 0.717) is 6.42 Å². The molecule has 1 aromatic rings. The standard InChI is InChI=1S/C10H14ClFN2O2S2/c1-17-4-2-3-14-18(15,16)9-6-7(11)5-8(13)10(9)12/h5-6,14H,2-4,13H2,1H3. The smallest absolute Gasteiger partial charge is 0.243 e. The Morgan fingerprint density at radius 1 is 1.50 bits per heavy atom. The number of nitrogen functional groups attached to an aromatic ring is 1. The zero-order valence-electron chi connectivity index (χ0n) is 9.74. The van der Waals surface area contributed by atoms with Crippen LogP contribution < -0.4 is 10.5 Å². The average Bonchev–Trinajstić information content (AvgIpc) is 2.29. The molecular formula is C10H14ClFN2O2S2. The summed E-state index contributed by atoms with van der Waals surface area (Å²) in [6.45, 7) is 0.245. The van der Waals surface area contributed by atoms with Crippen LogP contribution in [0.3, 0.4) is 0 Å². The number of nitrogens with two attached hydrogens (primary N) is 1. The molecule has 0 heterocycles. The second kappa shape index (κ2) is 6.60. The second-order valence-corrected chi connectivity index (χ2v) is 6.71. The Hall–Kier alpha value is -0.500. The number of hydrogen-bond acceptors (Lipinski definition) is 4. The van der Waals surface area contributed by atoms with Crippen LogP contribution in [0.2, 0.25) is 5.02 Å². The fourth-order valence-corrected chi connectivity index (χ4v) is 3.21. The third kappa shape index (κ3) is 4.01. The first-order valence-corrected chi connectivity index (χ1v) is 8.37. The van der Waals surface area contributed by atoms with Crippen LogP contribution in [-0.4, -0.2) is 27.0 Å². The summed E-state index contributed by atoms with van der Waals surface area (Å²) in [5.41, 5.74) is 5.05. The van der Waals surface area contributed by atoms with E-state index in [1.54, 1.807) is 11.8 Å². The number of halogens is 2. The van der Waals surface area contributed by atoms with Gasteiger partial charge in [-0.15, -0.1) is 0 Å². The van der Waals surface area contributed by atoms with Crippen molar-refractivity contribution in [3.8, 4) is 0 Å². The maximum absolute atomic E-state index is 13.6. The molecule has 0 fully saturated rings. The minimum Gasteiger partial charge on any atom is -0.396 e. The lowest BCUT2D eigenvalue weighted by Gasteiger charge is -2.09. The number of thioether (sulfide) groups is 1. The summed E-state index contributed by atoms with van der Waals surface area (Å²) in [7, 11) is -3.92. The van der Waals surface area contributed by atoms with Crippen molar-refractivity contribution in [2.75, 3.05) is 24.3 Å². The number of anilines is 1. The minimum atomic E-state index is -3.92. The highest BCUT2D eigenvalue weighted by Crippen LogP contribution is 2.25. The summed E-state index contributed by atoms with van der Waals surface area (Å²) >= 11 is 7.28. The van der Waals surface area contributed by atoms with Gasteiger partial charge in [-0.2, -0.15) is 11.8 Å². The van der Waals surface area contributed by atoms with E-state index in [-0.39, 0.29) is 17.3 Å². The Bertz CT molecular complexity index is 523. The van der Waals surface area contributed by atoms with Gasteiger partial charge in [-0.3, -0.25) is 0 Å². The first-order valence-electron chi connectivity index (χ1n) is 5.11. The van der Waals surface area contributed by atoms with Crippen LogP contribution in [0.25, 0.3) is 0 Å². The normalized spacial score (nSPS) is 11.7. The van der Waals surface area contributed by atoms with E-state index in [1.807, 2.05) is 6.26 Å². The summed E-state index contributed by atoms with van der Waals surface area (Å²) < 4.78 is 39.7. The van der Waals surface area contributed by atoms with Crippen LogP contribution in [0.1, 0.15) is 6.42 Å². The number of sulfonamides is 1. The van der Waals surface area contributed by atoms with Gasteiger partial charge in [-0.25, -0.2) is 17.5 Å². The predicted octanol–water partition coefficient (Wildman–Crippen LogP) is 2.09. The lowest BCUT2D eigenvalue weighted by atomic mass is 10.3. The summed E-state index contributed by atoms with van der Waals surface area (Å²) in [6, 6.07) is 2.22. The van der Waals surface area contributed by atoms with E-state index in [2.05, 4.69) is 4.72 Å². The van der Waals surface area contributed by atoms with Crippen molar-refractivity contribution in [1.29, 1.82) is 0 Å². The molecule has 0 atom stereocenters. The van der Waals surface area contributed by atoms with Gasteiger partial charge in [0.15, 0.2) is 5.82 Å². The minimum absolute atomic E-state index is 0.0818. The third-order valence-corrected chi connectivity index (χ3v) is 4.51. The summed E-state index contributed by atoms with van der Waals surface area (Å²) in [5, 5.41) is 0.0818. The zero-order valence-corrected chi connectivity index (χ0v) is 12.1. The van der Waals surface area contributed by atoms with Crippen LogP contribution in [0.15, 0.2) is 17.0 Å². The number of rotatable bonds is 6. The summed E-state index contributed by atoms with van der Waals surface area (Å²) in [6.07, 6.45) is 2.59. The Kier molecular flexibility index (Phi) is 5.71. The topological polar surface area (TPSA) is 72.2 Å². The maximum Gasteiger partial charge on any atom is 0.243 e. The molecule has 0 aliphatic carbocycles. The second-order valence-electron chi connectivity index (χ2n) is 3.55. The number of hydrogen-bond donors (Lipinski definition) is 2. The van der Waals surface area contributed by atoms with Crippen molar-refractivity contribution in [2.24, 2.45) is 0 Å². The molecule has 0 saturated carbocycles. The molecule has 8 heteroatoms. The third-order valence-electron chi connectivity index (χ3n) is 2.14. The molecule has 0 unspecified atom stereocenters. The molecule has 102 valence electrons. The lowest BCUT2D eigenvalue weighted by molar-refractivity contribution is 0.558. The monoisotopic (exact) mass is 312 g/mol. The molecule has 0 spiro atoms. The van der Waals surface area contributed by atoms with Crippen molar-refractivity contribution < 1.29 is 12.8 Å². The van der Waals surface area contributed by atoms with Gasteiger partial charge in [0, 0.05) is 11.6 Å². The highest BCUT2D eigenvalue weighted by atomic mass is 35.5. The van der Waals surface area contributed by atoms with Crippen molar-refractivity contribution in [2.45, 2.75) is 11.3 Å². The van der Waals surface area contributed by atoms with E-state index in [9.17, 15) is 12.8 Å². The molecule has 0 aromatic heterocycles. The Morgan fingerprint density at radius 2 is 2.17 bits per heavy atom.